The molecule has 0 fully saturated rings. The summed E-state index contributed by atoms with van der Waals surface area (Å²) in [5.41, 5.74) is 0. The molecule has 1 aromatic heterocycles. The highest BCUT2D eigenvalue weighted by atomic mass is 32.1. The van der Waals surface area contributed by atoms with Crippen molar-refractivity contribution in [1.82, 2.24) is 10.6 Å². The molecule has 1 heterocycles. The minimum absolute atomic E-state index is 0.794. The zero-order valence-electron chi connectivity index (χ0n) is 10.9. The average Bonchev–Trinajstić information content (AvgIpc) is 2.80. The predicted molar refractivity (Wildman–Crippen MR) is 74.8 cm³/mol. The van der Waals surface area contributed by atoms with Crippen LogP contribution in [0.2, 0.25) is 0 Å². The van der Waals surface area contributed by atoms with Gasteiger partial charge in [-0.1, -0.05) is 6.92 Å². The van der Waals surface area contributed by atoms with E-state index in [1.165, 1.54) is 9.75 Å². The Morgan fingerprint density at radius 1 is 1.12 bits per heavy atom. The molecule has 0 bridgehead atoms. The SMILES string of the molecule is CCc1ccc(CNCCCNCCOC)s1. The number of aryl methyl sites for hydroxylation is 1. The molecule has 0 saturated heterocycles. The first kappa shape index (κ1) is 14.6. The Balaban J connectivity index is 1.93. The van der Waals surface area contributed by atoms with Crippen LogP contribution in [-0.2, 0) is 17.7 Å². The molecule has 98 valence electrons. The summed E-state index contributed by atoms with van der Waals surface area (Å²) in [6, 6.07) is 4.46. The number of ether oxygens (including phenoxy) is 1. The molecule has 0 aromatic carbocycles. The van der Waals surface area contributed by atoms with E-state index in [-0.39, 0.29) is 0 Å². The van der Waals surface area contributed by atoms with Crippen molar-refractivity contribution >= 4 is 11.3 Å². The van der Waals surface area contributed by atoms with Crippen LogP contribution in [0.5, 0.6) is 0 Å². The first-order valence-electron chi connectivity index (χ1n) is 6.34. The molecule has 4 heteroatoms. The van der Waals surface area contributed by atoms with Gasteiger partial charge >= 0.3 is 0 Å². The fourth-order valence-electron chi connectivity index (χ4n) is 1.56. The van der Waals surface area contributed by atoms with Crippen LogP contribution in [-0.4, -0.2) is 33.4 Å². The van der Waals surface area contributed by atoms with Crippen LogP contribution < -0.4 is 10.6 Å². The second-order valence-corrected chi connectivity index (χ2v) is 5.25. The van der Waals surface area contributed by atoms with E-state index in [9.17, 15) is 0 Å². The van der Waals surface area contributed by atoms with Gasteiger partial charge < -0.3 is 15.4 Å². The smallest absolute Gasteiger partial charge is 0.0587 e. The minimum Gasteiger partial charge on any atom is -0.383 e. The van der Waals surface area contributed by atoms with Crippen LogP contribution in [0.1, 0.15) is 23.1 Å². The number of hydrogen-bond acceptors (Lipinski definition) is 4. The lowest BCUT2D eigenvalue weighted by Gasteiger charge is -2.05. The Hall–Kier alpha value is -0.420. The van der Waals surface area contributed by atoms with Crippen molar-refractivity contribution in [3.8, 4) is 0 Å². The molecule has 17 heavy (non-hydrogen) atoms. The highest BCUT2D eigenvalue weighted by Gasteiger charge is 1.97. The van der Waals surface area contributed by atoms with Crippen LogP contribution in [0.4, 0.5) is 0 Å². The number of hydrogen-bond donors (Lipinski definition) is 2. The second-order valence-electron chi connectivity index (χ2n) is 3.99. The van der Waals surface area contributed by atoms with Crippen LogP contribution in [0.3, 0.4) is 0 Å². The first-order valence-corrected chi connectivity index (χ1v) is 7.16. The van der Waals surface area contributed by atoms with E-state index in [1.54, 1.807) is 7.11 Å². The van der Waals surface area contributed by atoms with Crippen molar-refractivity contribution in [1.29, 1.82) is 0 Å². The van der Waals surface area contributed by atoms with Crippen molar-refractivity contribution < 1.29 is 4.74 Å². The molecule has 0 aliphatic carbocycles. The summed E-state index contributed by atoms with van der Waals surface area (Å²) in [6.07, 6.45) is 2.31. The Labute approximate surface area is 109 Å². The van der Waals surface area contributed by atoms with Crippen LogP contribution in [0, 0.1) is 0 Å². The Morgan fingerprint density at radius 3 is 2.59 bits per heavy atom. The monoisotopic (exact) mass is 256 g/mol. The maximum atomic E-state index is 4.96. The molecule has 0 spiro atoms. The van der Waals surface area contributed by atoms with Gasteiger partial charge in [0, 0.05) is 30.0 Å². The largest absolute Gasteiger partial charge is 0.383 e. The van der Waals surface area contributed by atoms with E-state index >= 15 is 0 Å². The second kappa shape index (κ2) is 9.59. The fraction of sp³-hybridized carbons (Fsp3) is 0.692. The molecular formula is C13H24N2OS. The predicted octanol–water partition coefficient (Wildman–Crippen LogP) is 2.03. The zero-order valence-corrected chi connectivity index (χ0v) is 11.7. The maximum Gasteiger partial charge on any atom is 0.0587 e. The third-order valence-electron chi connectivity index (χ3n) is 2.56. The van der Waals surface area contributed by atoms with Crippen LogP contribution >= 0.6 is 11.3 Å². The summed E-state index contributed by atoms with van der Waals surface area (Å²) in [6.45, 7) is 7.07. The summed E-state index contributed by atoms with van der Waals surface area (Å²) >= 11 is 1.91. The summed E-state index contributed by atoms with van der Waals surface area (Å²) < 4.78 is 4.96. The van der Waals surface area contributed by atoms with E-state index in [1.807, 2.05) is 11.3 Å². The highest BCUT2D eigenvalue weighted by Crippen LogP contribution is 2.16. The van der Waals surface area contributed by atoms with Gasteiger partial charge in [-0.25, -0.2) is 0 Å². The van der Waals surface area contributed by atoms with Gasteiger partial charge in [0.25, 0.3) is 0 Å². The standard InChI is InChI=1S/C13H24N2OS/c1-3-12-5-6-13(17-12)11-15-8-4-7-14-9-10-16-2/h5-6,14-15H,3-4,7-11H2,1-2H3. The van der Waals surface area contributed by atoms with Gasteiger partial charge in [-0.3, -0.25) is 0 Å². The molecule has 0 atom stereocenters. The number of thiophene rings is 1. The van der Waals surface area contributed by atoms with Crippen molar-refractivity contribution in [2.24, 2.45) is 0 Å². The molecule has 3 nitrogen and oxygen atoms in total. The molecule has 0 saturated carbocycles. The Bertz CT molecular complexity index is 289. The van der Waals surface area contributed by atoms with Crippen LogP contribution in [0.25, 0.3) is 0 Å². The first-order chi connectivity index (χ1) is 8.36. The number of methoxy groups -OCH3 is 1. The summed E-state index contributed by atoms with van der Waals surface area (Å²) in [7, 11) is 1.73. The Kier molecular flexibility index (Phi) is 8.26. The molecule has 1 aromatic rings. The van der Waals surface area contributed by atoms with Crippen molar-refractivity contribution in [2.45, 2.75) is 26.3 Å². The minimum atomic E-state index is 0.794. The molecule has 0 amide bonds. The molecular weight excluding hydrogens is 232 g/mol. The number of rotatable bonds is 10. The van der Waals surface area contributed by atoms with Gasteiger partial charge in [0.2, 0.25) is 0 Å². The summed E-state index contributed by atoms with van der Waals surface area (Å²) in [5, 5.41) is 6.80. The Morgan fingerprint density at radius 2 is 1.88 bits per heavy atom. The van der Waals surface area contributed by atoms with Crippen molar-refractivity contribution in [2.75, 3.05) is 33.4 Å². The van der Waals surface area contributed by atoms with E-state index in [2.05, 4.69) is 29.7 Å². The lowest BCUT2D eigenvalue weighted by atomic mass is 10.3. The third kappa shape index (κ3) is 6.78. The number of nitrogens with one attached hydrogen (secondary N) is 2. The topological polar surface area (TPSA) is 33.3 Å². The molecule has 0 radical (unpaired) electrons. The van der Waals surface area contributed by atoms with Gasteiger partial charge in [0.1, 0.15) is 0 Å². The molecule has 0 aliphatic heterocycles. The van der Waals surface area contributed by atoms with Gasteiger partial charge in [-0.05, 0) is 38.1 Å². The van der Waals surface area contributed by atoms with Gasteiger partial charge in [-0.2, -0.15) is 0 Å². The quantitative estimate of drug-likeness (QED) is 0.628. The van der Waals surface area contributed by atoms with E-state index in [0.29, 0.717) is 0 Å². The molecule has 0 unspecified atom stereocenters. The highest BCUT2D eigenvalue weighted by molar-refractivity contribution is 7.11. The van der Waals surface area contributed by atoms with Gasteiger partial charge in [0.15, 0.2) is 0 Å². The summed E-state index contributed by atoms with van der Waals surface area (Å²) in [4.78, 5) is 2.91. The zero-order chi connectivity index (χ0) is 12.3. The van der Waals surface area contributed by atoms with Gasteiger partial charge in [0.05, 0.1) is 6.61 Å². The van der Waals surface area contributed by atoms with E-state index < -0.39 is 0 Å². The fourth-order valence-corrected chi connectivity index (χ4v) is 2.48. The summed E-state index contributed by atoms with van der Waals surface area (Å²) in [5.74, 6) is 0. The molecule has 0 aliphatic rings. The van der Waals surface area contributed by atoms with Crippen LogP contribution in [0.15, 0.2) is 12.1 Å². The normalized spacial score (nSPS) is 10.9. The van der Waals surface area contributed by atoms with Crippen molar-refractivity contribution in [3.63, 3.8) is 0 Å². The lowest BCUT2D eigenvalue weighted by molar-refractivity contribution is 0.199. The van der Waals surface area contributed by atoms with E-state index in [0.717, 1.165) is 45.6 Å². The van der Waals surface area contributed by atoms with E-state index in [4.69, 9.17) is 4.74 Å². The lowest BCUT2D eigenvalue weighted by Crippen LogP contribution is -2.24. The molecule has 2 N–H and O–H groups in total. The van der Waals surface area contributed by atoms with Gasteiger partial charge in [-0.15, -0.1) is 11.3 Å². The average molecular weight is 256 g/mol. The maximum absolute atomic E-state index is 4.96. The third-order valence-corrected chi connectivity index (χ3v) is 3.78. The van der Waals surface area contributed by atoms with Crippen molar-refractivity contribution in [3.05, 3.63) is 21.9 Å². The molecule has 1 rings (SSSR count).